The van der Waals surface area contributed by atoms with Gasteiger partial charge in [-0.1, -0.05) is 18.7 Å². The van der Waals surface area contributed by atoms with Gasteiger partial charge in [-0.25, -0.2) is 0 Å². The summed E-state index contributed by atoms with van der Waals surface area (Å²) in [5.74, 6) is -0.936. The second-order valence-electron chi connectivity index (χ2n) is 4.04. The van der Waals surface area contributed by atoms with E-state index in [1.165, 1.54) is 0 Å². The topological polar surface area (TPSA) is 75.7 Å². The Labute approximate surface area is 103 Å². The Morgan fingerprint density at radius 2 is 2.12 bits per heavy atom. The van der Waals surface area contributed by atoms with Crippen molar-refractivity contribution < 1.29 is 19.1 Å². The number of thioether (sulfide) groups is 1. The monoisotopic (exact) mass is 258 g/mol. The molecule has 2 saturated heterocycles. The Kier molecular flexibility index (Phi) is 3.68. The third-order valence-electron chi connectivity index (χ3n) is 2.88. The van der Waals surface area contributed by atoms with Crippen molar-refractivity contribution in [3.05, 3.63) is 0 Å². The highest BCUT2D eigenvalue weighted by atomic mass is 32.2. The molecule has 0 aliphatic carbocycles. The number of rotatable bonds is 2. The fourth-order valence-electron chi connectivity index (χ4n) is 1.90. The molecule has 7 heteroatoms. The average Bonchev–Trinajstić information content (AvgIpc) is 2.68. The van der Waals surface area contributed by atoms with E-state index in [4.69, 9.17) is 4.74 Å². The van der Waals surface area contributed by atoms with Gasteiger partial charge in [0.25, 0.3) is 5.24 Å². The highest BCUT2D eigenvalue weighted by Crippen LogP contribution is 2.27. The van der Waals surface area contributed by atoms with Crippen molar-refractivity contribution in [2.45, 2.75) is 12.2 Å². The molecular weight excluding hydrogens is 244 g/mol. The molecule has 0 saturated carbocycles. The zero-order valence-corrected chi connectivity index (χ0v) is 10.3. The Bertz CT molecular complexity index is 354. The number of imide groups is 1. The highest BCUT2D eigenvalue weighted by Gasteiger charge is 2.40. The zero-order chi connectivity index (χ0) is 12.4. The van der Waals surface area contributed by atoms with E-state index in [0.717, 1.165) is 11.8 Å². The molecule has 17 heavy (non-hydrogen) atoms. The van der Waals surface area contributed by atoms with E-state index in [1.807, 2.05) is 0 Å². The minimum Gasteiger partial charge on any atom is -0.378 e. The summed E-state index contributed by atoms with van der Waals surface area (Å²) in [6, 6.07) is 0. The van der Waals surface area contributed by atoms with Crippen LogP contribution in [0.25, 0.3) is 0 Å². The lowest BCUT2D eigenvalue weighted by atomic mass is 10.1. The van der Waals surface area contributed by atoms with Gasteiger partial charge in [0.2, 0.25) is 11.8 Å². The molecule has 0 aromatic heterocycles. The van der Waals surface area contributed by atoms with Crippen LogP contribution in [0.5, 0.6) is 0 Å². The Hall–Kier alpha value is -1.08. The molecule has 0 aromatic rings. The summed E-state index contributed by atoms with van der Waals surface area (Å²) in [6.07, 6.45) is 0. The van der Waals surface area contributed by atoms with Crippen LogP contribution in [-0.2, 0) is 14.3 Å². The quantitative estimate of drug-likeness (QED) is 0.744. The van der Waals surface area contributed by atoms with Gasteiger partial charge < -0.3 is 9.64 Å². The zero-order valence-electron chi connectivity index (χ0n) is 9.47. The van der Waals surface area contributed by atoms with Crippen LogP contribution in [0.15, 0.2) is 0 Å². The molecule has 3 amide bonds. The number of hydrogen-bond acceptors (Lipinski definition) is 5. The molecule has 2 heterocycles. The summed E-state index contributed by atoms with van der Waals surface area (Å²) < 4.78 is 5.16. The number of nitrogens with zero attached hydrogens (tertiary/aromatic N) is 1. The second kappa shape index (κ2) is 5.05. The van der Waals surface area contributed by atoms with E-state index >= 15 is 0 Å². The maximum atomic E-state index is 12.1. The van der Waals surface area contributed by atoms with Gasteiger partial charge >= 0.3 is 0 Å². The van der Waals surface area contributed by atoms with Crippen molar-refractivity contribution in [2.24, 2.45) is 5.92 Å². The first kappa shape index (κ1) is 12.4. The molecular formula is C10H14N2O4S. The minimum absolute atomic E-state index is 0.0874. The lowest BCUT2D eigenvalue weighted by Crippen LogP contribution is -2.46. The van der Waals surface area contributed by atoms with Gasteiger partial charge in [0.05, 0.1) is 19.1 Å². The first-order valence-electron chi connectivity index (χ1n) is 5.47. The molecule has 1 N–H and O–H groups in total. The highest BCUT2D eigenvalue weighted by molar-refractivity contribution is 8.15. The van der Waals surface area contributed by atoms with Crippen molar-refractivity contribution in [3.8, 4) is 0 Å². The number of ether oxygens (including phenoxy) is 1. The van der Waals surface area contributed by atoms with Gasteiger partial charge in [-0.05, 0) is 0 Å². The first-order chi connectivity index (χ1) is 8.09. The van der Waals surface area contributed by atoms with E-state index in [0.29, 0.717) is 26.3 Å². The number of nitrogens with one attached hydrogen (secondary N) is 1. The number of carbonyl (C=O) groups excluding carboxylic acids is 3. The van der Waals surface area contributed by atoms with Crippen molar-refractivity contribution >= 4 is 28.8 Å². The predicted molar refractivity (Wildman–Crippen MR) is 61.5 cm³/mol. The molecule has 2 aliphatic rings. The minimum atomic E-state index is -0.599. The lowest BCUT2D eigenvalue weighted by molar-refractivity contribution is -0.140. The largest absolute Gasteiger partial charge is 0.378 e. The fraction of sp³-hybridized carbons (Fsp3) is 0.700. The molecule has 0 unspecified atom stereocenters. The molecule has 0 aromatic carbocycles. The first-order valence-corrected chi connectivity index (χ1v) is 6.35. The molecule has 2 aliphatic heterocycles. The number of hydrogen-bond donors (Lipinski definition) is 1. The van der Waals surface area contributed by atoms with Gasteiger partial charge in [0, 0.05) is 13.1 Å². The predicted octanol–water partition coefficient (Wildman–Crippen LogP) is -0.167. The van der Waals surface area contributed by atoms with Gasteiger partial charge in [-0.2, -0.15) is 0 Å². The fourth-order valence-corrected chi connectivity index (χ4v) is 2.78. The number of carbonyl (C=O) groups is 3. The summed E-state index contributed by atoms with van der Waals surface area (Å²) in [6.45, 7) is 3.85. The normalized spacial score (nSPS) is 26.9. The van der Waals surface area contributed by atoms with Crippen molar-refractivity contribution in [3.63, 3.8) is 0 Å². The van der Waals surface area contributed by atoms with Gasteiger partial charge in [0.15, 0.2) is 0 Å². The van der Waals surface area contributed by atoms with Crippen molar-refractivity contribution in [1.82, 2.24) is 10.2 Å². The Morgan fingerprint density at radius 1 is 1.47 bits per heavy atom. The summed E-state index contributed by atoms with van der Waals surface area (Å²) in [4.78, 5) is 36.3. The Balaban J connectivity index is 1.98. The maximum absolute atomic E-state index is 12.1. The van der Waals surface area contributed by atoms with Gasteiger partial charge in [-0.15, -0.1) is 0 Å². The summed E-state index contributed by atoms with van der Waals surface area (Å²) in [7, 11) is 0. The molecule has 94 valence electrons. The van der Waals surface area contributed by atoms with Crippen LogP contribution in [0, 0.1) is 5.92 Å². The van der Waals surface area contributed by atoms with Crippen molar-refractivity contribution in [1.29, 1.82) is 0 Å². The van der Waals surface area contributed by atoms with Crippen LogP contribution in [0.1, 0.15) is 6.92 Å². The molecule has 0 spiro atoms. The van der Waals surface area contributed by atoms with E-state index < -0.39 is 11.2 Å². The van der Waals surface area contributed by atoms with Crippen LogP contribution in [-0.4, -0.2) is 53.5 Å². The van der Waals surface area contributed by atoms with Gasteiger partial charge in [0.1, 0.15) is 5.25 Å². The second-order valence-corrected chi connectivity index (χ2v) is 5.16. The number of amides is 3. The van der Waals surface area contributed by atoms with Crippen LogP contribution in [0.2, 0.25) is 0 Å². The van der Waals surface area contributed by atoms with Crippen LogP contribution in [0.3, 0.4) is 0 Å². The summed E-state index contributed by atoms with van der Waals surface area (Å²) in [5.41, 5.74) is 0. The third-order valence-corrected chi connectivity index (χ3v) is 4.08. The van der Waals surface area contributed by atoms with E-state index in [9.17, 15) is 14.4 Å². The van der Waals surface area contributed by atoms with E-state index in [2.05, 4.69) is 5.32 Å². The van der Waals surface area contributed by atoms with Gasteiger partial charge in [-0.3, -0.25) is 19.7 Å². The van der Waals surface area contributed by atoms with Crippen LogP contribution >= 0.6 is 11.8 Å². The SMILES string of the molecule is C[C@H](C(=O)N1CCOCC1)[C@H]1SC(=O)NC1=O. The molecule has 0 bridgehead atoms. The lowest BCUT2D eigenvalue weighted by Gasteiger charge is -2.30. The molecule has 2 rings (SSSR count). The third kappa shape index (κ3) is 2.61. The smallest absolute Gasteiger partial charge is 0.286 e. The molecule has 6 nitrogen and oxygen atoms in total. The maximum Gasteiger partial charge on any atom is 0.286 e. The summed E-state index contributed by atoms with van der Waals surface area (Å²) >= 11 is 0.896. The molecule has 0 radical (unpaired) electrons. The standard InChI is InChI=1S/C10H14N2O4S/c1-6(7-8(13)11-10(15)17-7)9(14)12-2-4-16-5-3-12/h6-7H,2-5H2,1H3,(H,11,13,15)/t6-,7+/m0/s1. The van der Waals surface area contributed by atoms with Crippen LogP contribution in [0.4, 0.5) is 4.79 Å². The summed E-state index contributed by atoms with van der Waals surface area (Å²) in [5, 5.41) is 1.22. The van der Waals surface area contributed by atoms with Crippen molar-refractivity contribution in [2.75, 3.05) is 26.3 Å². The van der Waals surface area contributed by atoms with Crippen LogP contribution < -0.4 is 5.32 Å². The molecule has 2 atom stereocenters. The average molecular weight is 258 g/mol. The molecule has 2 fully saturated rings. The van der Waals surface area contributed by atoms with E-state index in [1.54, 1.807) is 11.8 Å². The Morgan fingerprint density at radius 3 is 2.65 bits per heavy atom. The number of morpholine rings is 1. The van der Waals surface area contributed by atoms with E-state index in [-0.39, 0.29) is 17.1 Å².